The molecule has 2 aliphatic rings. The van der Waals surface area contributed by atoms with Crippen molar-refractivity contribution in [2.75, 3.05) is 23.8 Å². The van der Waals surface area contributed by atoms with Crippen LogP contribution in [-0.2, 0) is 34.0 Å². The number of thioether (sulfide) groups is 1. The van der Waals surface area contributed by atoms with E-state index in [0.29, 0.717) is 24.7 Å². The lowest BCUT2D eigenvalue weighted by Crippen LogP contribution is -2.42. The maximum absolute atomic E-state index is 13.2. The van der Waals surface area contributed by atoms with E-state index in [1.54, 1.807) is 20.8 Å². The average Bonchev–Trinajstić information content (AvgIpc) is 3.26. The zero-order chi connectivity index (χ0) is 21.5. The van der Waals surface area contributed by atoms with Crippen LogP contribution in [0.3, 0.4) is 0 Å². The number of hydrogen-bond donors (Lipinski definition) is 0. The van der Waals surface area contributed by atoms with Gasteiger partial charge in [0, 0.05) is 24.0 Å². The lowest BCUT2D eigenvalue weighted by molar-refractivity contribution is -0.129. The van der Waals surface area contributed by atoms with Gasteiger partial charge in [-0.2, -0.15) is 0 Å². The number of aryl methyl sites for hydroxylation is 2. The highest BCUT2D eigenvalue weighted by Gasteiger charge is 2.34. The van der Waals surface area contributed by atoms with Gasteiger partial charge in [0.1, 0.15) is 4.83 Å². The number of carbonyl (C=O) groups is 1. The molecule has 0 N–H and O–H groups in total. The molecule has 1 atom stereocenters. The first-order valence-electron chi connectivity index (χ1n) is 10.5. The lowest BCUT2D eigenvalue weighted by Gasteiger charge is -2.26. The Morgan fingerprint density at radius 1 is 1.30 bits per heavy atom. The molecule has 4 rings (SSSR count). The van der Waals surface area contributed by atoms with Gasteiger partial charge in [-0.1, -0.05) is 11.8 Å². The van der Waals surface area contributed by atoms with Gasteiger partial charge in [-0.05, 0) is 51.5 Å². The second-order valence-corrected chi connectivity index (χ2v) is 12.1. The first-order valence-corrected chi connectivity index (χ1v) is 14.1. The minimum absolute atomic E-state index is 0.00826. The van der Waals surface area contributed by atoms with Crippen molar-refractivity contribution in [3.63, 3.8) is 0 Å². The van der Waals surface area contributed by atoms with Crippen LogP contribution >= 0.6 is 23.1 Å². The highest BCUT2D eigenvalue weighted by atomic mass is 32.2. The van der Waals surface area contributed by atoms with Crippen molar-refractivity contribution in [2.24, 2.45) is 0 Å². The Labute approximate surface area is 184 Å². The number of aromatic nitrogens is 2. The molecule has 0 aromatic carbocycles. The smallest absolute Gasteiger partial charge is 0.263 e. The predicted octanol–water partition coefficient (Wildman–Crippen LogP) is 2.48. The Kier molecular flexibility index (Phi) is 6.28. The number of amides is 1. The van der Waals surface area contributed by atoms with E-state index in [0.717, 1.165) is 35.9 Å². The van der Waals surface area contributed by atoms with Crippen LogP contribution in [0.4, 0.5) is 0 Å². The predicted molar refractivity (Wildman–Crippen MR) is 121 cm³/mol. The fourth-order valence-electron chi connectivity index (χ4n) is 4.48. The van der Waals surface area contributed by atoms with Crippen molar-refractivity contribution in [3.05, 3.63) is 20.8 Å². The third-order valence-electron chi connectivity index (χ3n) is 5.99. The molecule has 2 aromatic rings. The summed E-state index contributed by atoms with van der Waals surface area (Å²) < 4.78 is 25.3. The summed E-state index contributed by atoms with van der Waals surface area (Å²) in [6.07, 6.45) is 4.72. The van der Waals surface area contributed by atoms with Crippen LogP contribution in [0.5, 0.6) is 0 Å². The Morgan fingerprint density at radius 3 is 2.73 bits per heavy atom. The molecular formula is C20H27N3O4S3. The van der Waals surface area contributed by atoms with Gasteiger partial charge >= 0.3 is 0 Å². The van der Waals surface area contributed by atoms with E-state index in [4.69, 9.17) is 4.98 Å². The van der Waals surface area contributed by atoms with Crippen LogP contribution in [0, 0.1) is 0 Å². The minimum atomic E-state index is -3.05. The van der Waals surface area contributed by atoms with Gasteiger partial charge in [-0.25, -0.2) is 13.4 Å². The molecule has 30 heavy (non-hydrogen) atoms. The topological polar surface area (TPSA) is 89.3 Å². The summed E-state index contributed by atoms with van der Waals surface area (Å²) in [7, 11) is -3.05. The molecule has 1 fully saturated rings. The molecule has 164 valence electrons. The van der Waals surface area contributed by atoms with Crippen molar-refractivity contribution in [3.8, 4) is 0 Å². The SMILES string of the molecule is CCN(C(=O)CSc1nc2sc3c(c2c(=O)n1CC)CCCC3)C1CCS(=O)(=O)C1. The van der Waals surface area contributed by atoms with Gasteiger partial charge in [-0.15, -0.1) is 11.3 Å². The van der Waals surface area contributed by atoms with Gasteiger partial charge in [0.2, 0.25) is 5.91 Å². The minimum Gasteiger partial charge on any atom is -0.338 e. The third-order valence-corrected chi connectivity index (χ3v) is 9.89. The molecule has 1 aliphatic heterocycles. The summed E-state index contributed by atoms with van der Waals surface area (Å²) in [5, 5.41) is 1.33. The van der Waals surface area contributed by atoms with Crippen molar-refractivity contribution in [1.82, 2.24) is 14.5 Å². The molecule has 3 heterocycles. The Bertz CT molecular complexity index is 1140. The number of sulfone groups is 1. The fourth-order valence-corrected chi connectivity index (χ4v) is 8.46. The molecule has 0 saturated carbocycles. The second kappa shape index (κ2) is 8.63. The summed E-state index contributed by atoms with van der Waals surface area (Å²) in [6.45, 7) is 4.77. The van der Waals surface area contributed by atoms with Gasteiger partial charge in [-0.3, -0.25) is 14.2 Å². The molecule has 1 unspecified atom stereocenters. The van der Waals surface area contributed by atoms with E-state index in [-0.39, 0.29) is 34.8 Å². The summed E-state index contributed by atoms with van der Waals surface area (Å²) in [5.41, 5.74) is 1.17. The van der Waals surface area contributed by atoms with E-state index < -0.39 is 9.84 Å². The number of thiophene rings is 1. The van der Waals surface area contributed by atoms with Crippen LogP contribution in [0.2, 0.25) is 0 Å². The molecule has 7 nitrogen and oxygen atoms in total. The summed E-state index contributed by atoms with van der Waals surface area (Å²) in [6, 6.07) is -0.249. The van der Waals surface area contributed by atoms with Crippen LogP contribution < -0.4 is 5.56 Å². The summed E-state index contributed by atoms with van der Waals surface area (Å²) in [5.74, 6) is 0.229. The number of rotatable bonds is 6. The maximum Gasteiger partial charge on any atom is 0.263 e. The zero-order valence-corrected chi connectivity index (χ0v) is 19.8. The Morgan fingerprint density at radius 2 is 2.07 bits per heavy atom. The van der Waals surface area contributed by atoms with Crippen molar-refractivity contribution in [2.45, 2.75) is 63.7 Å². The summed E-state index contributed by atoms with van der Waals surface area (Å²) in [4.78, 5) is 34.5. The molecule has 1 aliphatic carbocycles. The quantitative estimate of drug-likeness (QED) is 0.477. The number of nitrogens with zero attached hydrogens (tertiary/aromatic N) is 3. The standard InChI is InChI=1S/C20H27N3O4S3/c1-3-22(13-9-10-30(26,27)12-13)16(24)11-28-20-21-18-17(19(25)23(20)4-2)14-7-5-6-8-15(14)29-18/h13H,3-12H2,1-2H3. The number of fused-ring (bicyclic) bond motifs is 3. The number of hydrogen-bond acceptors (Lipinski definition) is 7. The molecule has 0 bridgehead atoms. The normalized spacial score (nSPS) is 20.4. The van der Waals surface area contributed by atoms with Crippen LogP contribution in [0.25, 0.3) is 10.2 Å². The molecule has 2 aromatic heterocycles. The van der Waals surface area contributed by atoms with Gasteiger partial charge < -0.3 is 4.90 Å². The largest absolute Gasteiger partial charge is 0.338 e. The van der Waals surface area contributed by atoms with Crippen molar-refractivity contribution < 1.29 is 13.2 Å². The van der Waals surface area contributed by atoms with E-state index in [1.165, 1.54) is 22.2 Å². The van der Waals surface area contributed by atoms with Crippen LogP contribution in [-0.4, -0.2) is 58.6 Å². The molecule has 1 saturated heterocycles. The first kappa shape index (κ1) is 21.8. The van der Waals surface area contributed by atoms with Gasteiger partial charge in [0.05, 0.1) is 22.6 Å². The van der Waals surface area contributed by atoms with Gasteiger partial charge in [0.25, 0.3) is 5.56 Å². The molecular weight excluding hydrogens is 442 g/mol. The highest BCUT2D eigenvalue weighted by molar-refractivity contribution is 7.99. The summed E-state index contributed by atoms with van der Waals surface area (Å²) >= 11 is 2.89. The molecule has 1 amide bonds. The van der Waals surface area contributed by atoms with E-state index in [2.05, 4.69) is 0 Å². The monoisotopic (exact) mass is 469 g/mol. The second-order valence-electron chi connectivity index (χ2n) is 7.86. The van der Waals surface area contributed by atoms with Crippen molar-refractivity contribution >= 4 is 49.1 Å². The highest BCUT2D eigenvalue weighted by Crippen LogP contribution is 2.34. The Balaban J connectivity index is 1.57. The lowest BCUT2D eigenvalue weighted by atomic mass is 9.97. The van der Waals surface area contributed by atoms with Crippen molar-refractivity contribution in [1.29, 1.82) is 0 Å². The van der Waals surface area contributed by atoms with Gasteiger partial charge in [0.15, 0.2) is 15.0 Å². The molecule has 10 heteroatoms. The zero-order valence-electron chi connectivity index (χ0n) is 17.3. The molecule has 0 radical (unpaired) electrons. The average molecular weight is 470 g/mol. The third kappa shape index (κ3) is 4.05. The van der Waals surface area contributed by atoms with E-state index in [9.17, 15) is 18.0 Å². The molecule has 0 spiro atoms. The van der Waals surface area contributed by atoms with E-state index >= 15 is 0 Å². The van der Waals surface area contributed by atoms with Crippen LogP contribution in [0.1, 0.15) is 43.6 Å². The number of carbonyl (C=O) groups excluding carboxylic acids is 1. The van der Waals surface area contributed by atoms with Crippen LogP contribution in [0.15, 0.2) is 9.95 Å². The Hall–Kier alpha value is -1.39. The van der Waals surface area contributed by atoms with E-state index in [1.807, 2.05) is 13.8 Å². The fraction of sp³-hybridized carbons (Fsp3) is 0.650. The maximum atomic E-state index is 13.2. The first-order chi connectivity index (χ1) is 14.3.